The number of rotatable bonds is 3. The standard InChI is InChI=1S/C9H8N4O3/c14-12(11-5-1-2-6-11)9-7-10-4-3-8(9)13(15)16/h1-7,12H. The molecule has 16 heavy (non-hydrogen) atoms. The van der Waals surface area contributed by atoms with Crippen molar-refractivity contribution in [2.75, 3.05) is 0 Å². The van der Waals surface area contributed by atoms with E-state index in [2.05, 4.69) is 4.98 Å². The van der Waals surface area contributed by atoms with Crippen molar-refractivity contribution >= 4 is 11.4 Å². The summed E-state index contributed by atoms with van der Waals surface area (Å²) in [6, 6.07) is 4.54. The Morgan fingerprint density at radius 2 is 2.06 bits per heavy atom. The molecule has 1 N–H and O–H groups in total. The van der Waals surface area contributed by atoms with Crippen LogP contribution in [0.5, 0.6) is 0 Å². The Morgan fingerprint density at radius 3 is 2.69 bits per heavy atom. The van der Waals surface area contributed by atoms with Crippen molar-refractivity contribution in [2.24, 2.45) is 0 Å². The Bertz CT molecular complexity index is 497. The lowest BCUT2D eigenvalue weighted by molar-refractivity contribution is -0.829. The summed E-state index contributed by atoms with van der Waals surface area (Å²) in [6.07, 6.45) is 5.53. The Labute approximate surface area is 90.3 Å². The highest BCUT2D eigenvalue weighted by atomic mass is 16.6. The molecule has 2 aromatic heterocycles. The predicted octanol–water partition coefficient (Wildman–Crippen LogP) is 0.269. The van der Waals surface area contributed by atoms with Crippen LogP contribution in [0.15, 0.2) is 43.0 Å². The summed E-state index contributed by atoms with van der Waals surface area (Å²) in [5.74, 6) is 0. The summed E-state index contributed by atoms with van der Waals surface area (Å²) in [4.78, 5) is 13.8. The number of pyridine rings is 1. The van der Waals surface area contributed by atoms with Crippen molar-refractivity contribution in [3.8, 4) is 0 Å². The average Bonchev–Trinajstić information content (AvgIpc) is 2.81. The fourth-order valence-electron chi connectivity index (χ4n) is 1.32. The van der Waals surface area contributed by atoms with Crippen LogP contribution in [0.3, 0.4) is 0 Å². The van der Waals surface area contributed by atoms with Crippen molar-refractivity contribution in [3.63, 3.8) is 0 Å². The maximum atomic E-state index is 11.9. The first-order valence-corrected chi connectivity index (χ1v) is 4.46. The number of quaternary nitrogens is 1. The number of hydrogen-bond acceptors (Lipinski definition) is 4. The van der Waals surface area contributed by atoms with Crippen LogP contribution in [0.1, 0.15) is 0 Å². The van der Waals surface area contributed by atoms with Crippen LogP contribution in [-0.2, 0) is 0 Å². The van der Waals surface area contributed by atoms with Crippen LogP contribution in [0, 0.1) is 15.3 Å². The highest BCUT2D eigenvalue weighted by molar-refractivity contribution is 5.49. The SMILES string of the molecule is O=[N+]([O-])c1ccncc1[NH+]([O-])n1cccc1. The third kappa shape index (κ3) is 1.76. The number of nitrogens with zero attached hydrogens (tertiary/aromatic N) is 3. The minimum atomic E-state index is -0.599. The van der Waals surface area contributed by atoms with E-state index >= 15 is 0 Å². The van der Waals surface area contributed by atoms with Gasteiger partial charge in [-0.1, -0.05) is 0 Å². The van der Waals surface area contributed by atoms with Crippen LogP contribution >= 0.6 is 0 Å². The van der Waals surface area contributed by atoms with E-state index in [1.807, 2.05) is 0 Å². The molecule has 2 heterocycles. The van der Waals surface area contributed by atoms with E-state index in [-0.39, 0.29) is 11.4 Å². The average molecular weight is 220 g/mol. The number of aromatic nitrogens is 2. The Morgan fingerprint density at radius 1 is 1.38 bits per heavy atom. The Balaban J connectivity index is 2.44. The molecule has 2 rings (SSSR count). The van der Waals surface area contributed by atoms with Gasteiger partial charge in [0.15, 0.2) is 0 Å². The highest BCUT2D eigenvalue weighted by Gasteiger charge is 2.20. The molecule has 2 aromatic rings. The molecule has 1 atom stereocenters. The molecule has 7 nitrogen and oxygen atoms in total. The molecule has 0 radical (unpaired) electrons. The summed E-state index contributed by atoms with van der Waals surface area (Å²) in [5, 5.41) is 22.1. The van der Waals surface area contributed by atoms with Crippen LogP contribution < -0.4 is 5.17 Å². The van der Waals surface area contributed by atoms with Gasteiger partial charge in [0, 0.05) is 12.3 Å². The number of nitro groups is 1. The molecule has 7 heteroatoms. The van der Waals surface area contributed by atoms with Gasteiger partial charge in [-0.3, -0.25) is 15.1 Å². The van der Waals surface area contributed by atoms with Gasteiger partial charge in [0.2, 0.25) is 0 Å². The van der Waals surface area contributed by atoms with Crippen molar-refractivity contribution in [2.45, 2.75) is 0 Å². The fraction of sp³-hybridized carbons (Fsp3) is 0. The molecule has 0 fully saturated rings. The maximum absolute atomic E-state index is 11.9. The second-order valence-corrected chi connectivity index (χ2v) is 3.05. The van der Waals surface area contributed by atoms with E-state index in [1.165, 1.54) is 35.5 Å². The van der Waals surface area contributed by atoms with Gasteiger partial charge in [0.05, 0.1) is 23.5 Å². The quantitative estimate of drug-likeness (QED) is 0.593. The normalized spacial score (nSPS) is 12.3. The van der Waals surface area contributed by atoms with E-state index in [1.54, 1.807) is 12.1 Å². The minimum absolute atomic E-state index is 0.0244. The third-order valence-corrected chi connectivity index (χ3v) is 2.06. The van der Waals surface area contributed by atoms with E-state index in [0.29, 0.717) is 0 Å². The highest BCUT2D eigenvalue weighted by Crippen LogP contribution is 2.17. The second kappa shape index (κ2) is 4.09. The van der Waals surface area contributed by atoms with Gasteiger partial charge < -0.3 is 5.21 Å². The van der Waals surface area contributed by atoms with Crippen molar-refractivity contribution in [3.05, 3.63) is 58.3 Å². The van der Waals surface area contributed by atoms with Crippen LogP contribution in [-0.4, -0.2) is 14.6 Å². The van der Waals surface area contributed by atoms with Gasteiger partial charge in [-0.05, 0) is 12.1 Å². The molecule has 0 aliphatic heterocycles. The molecular weight excluding hydrogens is 212 g/mol. The van der Waals surface area contributed by atoms with Crippen molar-refractivity contribution in [1.29, 1.82) is 0 Å². The van der Waals surface area contributed by atoms with Gasteiger partial charge in [-0.25, -0.2) is 9.85 Å². The Kier molecular flexibility index (Phi) is 2.63. The van der Waals surface area contributed by atoms with Gasteiger partial charge in [-0.15, -0.1) is 0 Å². The zero-order chi connectivity index (χ0) is 11.5. The van der Waals surface area contributed by atoms with Gasteiger partial charge >= 0.3 is 5.69 Å². The summed E-state index contributed by atoms with van der Waals surface area (Å²) in [7, 11) is 0. The van der Waals surface area contributed by atoms with Crippen LogP contribution in [0.25, 0.3) is 0 Å². The lowest BCUT2D eigenvalue weighted by Gasteiger charge is -2.20. The lowest BCUT2D eigenvalue weighted by atomic mass is 10.3. The van der Waals surface area contributed by atoms with Gasteiger partial charge in [-0.2, -0.15) is 0 Å². The monoisotopic (exact) mass is 220 g/mol. The molecule has 0 saturated carbocycles. The first-order chi connectivity index (χ1) is 7.70. The second-order valence-electron chi connectivity index (χ2n) is 3.05. The largest absolute Gasteiger partial charge is 0.602 e. The topological polar surface area (TPSA) is 88.5 Å². The molecule has 1 unspecified atom stereocenters. The molecule has 0 bridgehead atoms. The van der Waals surface area contributed by atoms with E-state index in [4.69, 9.17) is 0 Å². The van der Waals surface area contributed by atoms with Gasteiger partial charge in [0.1, 0.15) is 0 Å². The van der Waals surface area contributed by atoms with Crippen molar-refractivity contribution in [1.82, 2.24) is 9.66 Å². The molecule has 0 spiro atoms. The molecule has 0 aliphatic carbocycles. The number of nitrogens with one attached hydrogen (secondary N) is 1. The fourth-order valence-corrected chi connectivity index (χ4v) is 1.32. The first-order valence-electron chi connectivity index (χ1n) is 4.46. The summed E-state index contributed by atoms with van der Waals surface area (Å²) in [5.41, 5.74) is -0.266. The van der Waals surface area contributed by atoms with Crippen LogP contribution in [0.4, 0.5) is 11.4 Å². The summed E-state index contributed by atoms with van der Waals surface area (Å²) >= 11 is 0. The molecule has 0 saturated heterocycles. The van der Waals surface area contributed by atoms with E-state index < -0.39 is 10.1 Å². The molecule has 0 amide bonds. The van der Waals surface area contributed by atoms with E-state index in [9.17, 15) is 15.3 Å². The summed E-state index contributed by atoms with van der Waals surface area (Å²) < 4.78 is 1.27. The lowest BCUT2D eigenvalue weighted by Crippen LogP contribution is -3.04. The molecule has 0 aromatic carbocycles. The third-order valence-electron chi connectivity index (χ3n) is 2.06. The number of hydrogen-bond donors (Lipinski definition) is 1. The van der Waals surface area contributed by atoms with Gasteiger partial charge in [0.25, 0.3) is 5.69 Å². The maximum Gasteiger partial charge on any atom is 0.335 e. The zero-order valence-corrected chi connectivity index (χ0v) is 8.11. The van der Waals surface area contributed by atoms with Crippen molar-refractivity contribution < 1.29 is 10.1 Å². The molecule has 0 aliphatic rings. The smallest absolute Gasteiger partial charge is 0.335 e. The van der Waals surface area contributed by atoms with Crippen LogP contribution in [0.2, 0.25) is 0 Å². The predicted molar refractivity (Wildman–Crippen MR) is 54.7 cm³/mol. The zero-order valence-electron chi connectivity index (χ0n) is 8.11. The molecular formula is C9H8N4O3. The Hall–Kier alpha value is -2.25. The van der Waals surface area contributed by atoms with E-state index in [0.717, 1.165) is 0 Å². The first kappa shape index (κ1) is 10.3. The summed E-state index contributed by atoms with van der Waals surface area (Å²) in [6.45, 7) is 0. The minimum Gasteiger partial charge on any atom is -0.602 e. The molecule has 82 valence electrons.